The van der Waals surface area contributed by atoms with Crippen LogP contribution in [0.3, 0.4) is 0 Å². The van der Waals surface area contributed by atoms with E-state index in [1.54, 1.807) is 31.4 Å². The van der Waals surface area contributed by atoms with Crippen molar-refractivity contribution in [1.82, 2.24) is 4.90 Å². The fraction of sp³-hybridized carbons (Fsp3) is 0.476. The highest BCUT2D eigenvalue weighted by Crippen LogP contribution is 2.65. The SMILES string of the molecule is COc1ccc(N(CN2C(=O)C3C4C=CC(C5CC45)C3C2=O)C(C)=O)cc1. The minimum Gasteiger partial charge on any atom is -0.497 e. The van der Waals surface area contributed by atoms with Gasteiger partial charge in [-0.3, -0.25) is 24.2 Å². The molecule has 3 amide bonds. The third-order valence-electron chi connectivity index (χ3n) is 6.80. The number of hydrogen-bond acceptors (Lipinski definition) is 4. The summed E-state index contributed by atoms with van der Waals surface area (Å²) in [6.45, 7) is 1.42. The monoisotopic (exact) mass is 366 g/mol. The molecule has 6 rings (SSSR count). The van der Waals surface area contributed by atoms with Gasteiger partial charge in [-0.25, -0.2) is 0 Å². The number of benzene rings is 1. The maximum absolute atomic E-state index is 13.1. The van der Waals surface area contributed by atoms with E-state index in [9.17, 15) is 14.4 Å². The van der Waals surface area contributed by atoms with Crippen molar-refractivity contribution in [3.05, 3.63) is 36.4 Å². The molecule has 0 aromatic heterocycles. The van der Waals surface area contributed by atoms with Gasteiger partial charge in [0, 0.05) is 12.6 Å². The molecule has 0 spiro atoms. The maximum atomic E-state index is 13.1. The Hall–Kier alpha value is -2.63. The lowest BCUT2D eigenvalue weighted by molar-refractivity contribution is -0.140. The molecule has 1 heterocycles. The van der Waals surface area contributed by atoms with Crippen LogP contribution in [0.4, 0.5) is 5.69 Å². The summed E-state index contributed by atoms with van der Waals surface area (Å²) in [5, 5.41) is 0. The predicted molar refractivity (Wildman–Crippen MR) is 97.6 cm³/mol. The van der Waals surface area contributed by atoms with Crippen molar-refractivity contribution in [1.29, 1.82) is 0 Å². The van der Waals surface area contributed by atoms with Crippen LogP contribution in [-0.2, 0) is 14.4 Å². The van der Waals surface area contributed by atoms with E-state index >= 15 is 0 Å². The molecule has 1 aromatic rings. The second-order valence-corrected chi connectivity index (χ2v) is 8.05. The Bertz CT molecular complexity index is 825. The van der Waals surface area contributed by atoms with E-state index in [4.69, 9.17) is 4.74 Å². The first kappa shape index (κ1) is 16.5. The number of allylic oxidation sites excluding steroid dienone is 2. The van der Waals surface area contributed by atoms with Crippen molar-refractivity contribution in [3.63, 3.8) is 0 Å². The molecule has 3 fully saturated rings. The van der Waals surface area contributed by atoms with Crippen LogP contribution in [0.2, 0.25) is 0 Å². The molecule has 27 heavy (non-hydrogen) atoms. The standard InChI is InChI=1S/C21H22N2O4/c1-11(24)22(12-3-5-13(27-2)6-4-12)10-23-20(25)18-14-7-8-15(17-9-16(14)17)19(18)21(23)26/h3-8,14-19H,9-10H2,1-2H3. The molecule has 2 bridgehead atoms. The molecular formula is C21H22N2O4. The first-order chi connectivity index (χ1) is 13.0. The molecule has 0 radical (unpaired) electrons. The topological polar surface area (TPSA) is 66.9 Å². The van der Waals surface area contributed by atoms with E-state index in [-0.39, 0.29) is 48.1 Å². The lowest BCUT2D eigenvalue weighted by atomic mass is 9.63. The Kier molecular flexibility index (Phi) is 3.48. The summed E-state index contributed by atoms with van der Waals surface area (Å²) >= 11 is 0. The minimum absolute atomic E-state index is 0.0267. The summed E-state index contributed by atoms with van der Waals surface area (Å²) < 4.78 is 5.16. The number of anilines is 1. The smallest absolute Gasteiger partial charge is 0.235 e. The molecule has 6 atom stereocenters. The van der Waals surface area contributed by atoms with Crippen LogP contribution < -0.4 is 9.64 Å². The van der Waals surface area contributed by atoms with Crippen LogP contribution in [0, 0.1) is 35.5 Å². The van der Waals surface area contributed by atoms with Gasteiger partial charge in [0.05, 0.1) is 18.9 Å². The molecule has 5 aliphatic rings. The zero-order chi connectivity index (χ0) is 18.9. The Morgan fingerprint density at radius 2 is 1.63 bits per heavy atom. The number of imide groups is 1. The van der Waals surface area contributed by atoms with Gasteiger partial charge in [-0.1, -0.05) is 12.2 Å². The molecule has 6 heteroatoms. The number of hydrogen-bond donors (Lipinski definition) is 0. The van der Waals surface area contributed by atoms with E-state index in [0.717, 1.165) is 6.42 Å². The molecule has 140 valence electrons. The second kappa shape index (κ2) is 5.68. The molecule has 6 unspecified atom stereocenters. The van der Waals surface area contributed by atoms with Crippen LogP contribution >= 0.6 is 0 Å². The number of carbonyl (C=O) groups excluding carboxylic acids is 3. The summed E-state index contributed by atoms with van der Waals surface area (Å²) in [4.78, 5) is 41.2. The molecule has 1 saturated heterocycles. The van der Waals surface area contributed by atoms with Crippen LogP contribution in [0.1, 0.15) is 13.3 Å². The molecule has 2 saturated carbocycles. The first-order valence-electron chi connectivity index (χ1n) is 9.47. The third-order valence-corrected chi connectivity index (χ3v) is 6.80. The minimum atomic E-state index is -0.235. The van der Waals surface area contributed by atoms with Gasteiger partial charge in [-0.15, -0.1) is 0 Å². The molecule has 1 aromatic carbocycles. The number of amides is 3. The van der Waals surface area contributed by atoms with Gasteiger partial charge in [0.1, 0.15) is 12.4 Å². The summed E-state index contributed by atoms with van der Waals surface area (Å²) in [5.41, 5.74) is 0.641. The zero-order valence-electron chi connectivity index (χ0n) is 15.4. The Labute approximate surface area is 157 Å². The van der Waals surface area contributed by atoms with Gasteiger partial charge in [-0.2, -0.15) is 0 Å². The van der Waals surface area contributed by atoms with E-state index in [1.165, 1.54) is 16.7 Å². The fourth-order valence-corrected chi connectivity index (χ4v) is 5.42. The number of ether oxygens (including phenoxy) is 1. The third kappa shape index (κ3) is 2.28. The van der Waals surface area contributed by atoms with Gasteiger partial charge in [-0.05, 0) is 54.4 Å². The second-order valence-electron chi connectivity index (χ2n) is 8.05. The van der Waals surface area contributed by atoms with Crippen LogP contribution in [0.15, 0.2) is 36.4 Å². The van der Waals surface area contributed by atoms with Crippen molar-refractivity contribution in [2.24, 2.45) is 35.5 Å². The average Bonchev–Trinajstić information content (AvgIpc) is 3.46. The van der Waals surface area contributed by atoms with Gasteiger partial charge < -0.3 is 4.74 Å². The number of rotatable bonds is 4. The van der Waals surface area contributed by atoms with Gasteiger partial charge in [0.25, 0.3) is 0 Å². The molecule has 1 aliphatic heterocycles. The van der Waals surface area contributed by atoms with Gasteiger partial charge in [0.15, 0.2) is 0 Å². The predicted octanol–water partition coefficient (Wildman–Crippen LogP) is 2.06. The fourth-order valence-electron chi connectivity index (χ4n) is 5.42. The lowest BCUT2D eigenvalue weighted by Gasteiger charge is -2.37. The first-order valence-corrected chi connectivity index (χ1v) is 9.47. The van der Waals surface area contributed by atoms with Crippen molar-refractivity contribution < 1.29 is 19.1 Å². The largest absolute Gasteiger partial charge is 0.497 e. The Morgan fingerprint density at radius 3 is 2.11 bits per heavy atom. The van der Waals surface area contributed by atoms with Gasteiger partial charge in [0.2, 0.25) is 17.7 Å². The zero-order valence-corrected chi connectivity index (χ0v) is 15.4. The van der Waals surface area contributed by atoms with E-state index < -0.39 is 0 Å². The number of methoxy groups -OCH3 is 1. The van der Waals surface area contributed by atoms with Crippen molar-refractivity contribution in [3.8, 4) is 5.75 Å². The summed E-state index contributed by atoms with van der Waals surface area (Å²) in [6, 6.07) is 7.05. The highest BCUT2D eigenvalue weighted by atomic mass is 16.5. The molecule has 6 nitrogen and oxygen atoms in total. The van der Waals surface area contributed by atoms with E-state index in [0.29, 0.717) is 23.3 Å². The summed E-state index contributed by atoms with van der Waals surface area (Å²) in [5.74, 6) is 1.30. The van der Waals surface area contributed by atoms with Crippen molar-refractivity contribution in [2.75, 3.05) is 18.7 Å². The quantitative estimate of drug-likeness (QED) is 0.604. The Balaban J connectivity index is 1.42. The molecule has 0 N–H and O–H groups in total. The molecular weight excluding hydrogens is 344 g/mol. The normalized spacial score (nSPS) is 35.1. The van der Waals surface area contributed by atoms with E-state index in [2.05, 4.69) is 12.2 Å². The number of carbonyl (C=O) groups is 3. The van der Waals surface area contributed by atoms with Crippen LogP contribution in [-0.4, -0.2) is 36.4 Å². The van der Waals surface area contributed by atoms with Gasteiger partial charge >= 0.3 is 0 Å². The van der Waals surface area contributed by atoms with Crippen molar-refractivity contribution >= 4 is 23.4 Å². The number of nitrogens with zero attached hydrogens (tertiary/aromatic N) is 2. The Morgan fingerprint density at radius 1 is 1.07 bits per heavy atom. The highest BCUT2D eigenvalue weighted by Gasteiger charge is 2.67. The van der Waals surface area contributed by atoms with E-state index in [1.807, 2.05) is 0 Å². The van der Waals surface area contributed by atoms with Crippen molar-refractivity contribution in [2.45, 2.75) is 13.3 Å². The number of likely N-dealkylation sites (tertiary alicyclic amines) is 1. The average molecular weight is 366 g/mol. The lowest BCUT2D eigenvalue weighted by Crippen LogP contribution is -2.44. The van der Waals surface area contributed by atoms with Crippen LogP contribution in [0.25, 0.3) is 0 Å². The van der Waals surface area contributed by atoms with Crippen LogP contribution in [0.5, 0.6) is 5.75 Å². The summed E-state index contributed by atoms with van der Waals surface area (Å²) in [6.07, 6.45) is 5.45. The summed E-state index contributed by atoms with van der Waals surface area (Å²) in [7, 11) is 1.58. The molecule has 4 aliphatic carbocycles. The maximum Gasteiger partial charge on any atom is 0.235 e. The highest BCUT2D eigenvalue weighted by molar-refractivity contribution is 6.07.